The van der Waals surface area contributed by atoms with Crippen molar-refractivity contribution in [3.63, 3.8) is 0 Å². The van der Waals surface area contributed by atoms with Crippen LogP contribution < -0.4 is 0 Å². The first-order chi connectivity index (χ1) is 10.7. The van der Waals surface area contributed by atoms with E-state index in [1.54, 1.807) is 11.0 Å². The number of rotatable bonds is 3. The minimum atomic E-state index is -0.543. The molecule has 1 heterocycles. The fourth-order valence-electron chi connectivity index (χ4n) is 2.88. The van der Waals surface area contributed by atoms with Crippen molar-refractivity contribution in [2.24, 2.45) is 5.92 Å². The summed E-state index contributed by atoms with van der Waals surface area (Å²) in [7, 11) is 0. The molecular formula is C17H23Cl2NO3. The molecule has 2 rings (SSSR count). The summed E-state index contributed by atoms with van der Waals surface area (Å²) in [6, 6.07) is 5.38. The fourth-order valence-corrected chi connectivity index (χ4v) is 3.20. The Balaban J connectivity index is 2.03. The highest BCUT2D eigenvalue weighted by Gasteiger charge is 2.37. The van der Waals surface area contributed by atoms with Crippen LogP contribution >= 0.6 is 23.2 Å². The molecule has 0 radical (unpaired) electrons. The minimum Gasteiger partial charge on any atom is -0.444 e. The molecule has 1 fully saturated rings. The van der Waals surface area contributed by atoms with Crippen molar-refractivity contribution in [1.82, 2.24) is 4.90 Å². The van der Waals surface area contributed by atoms with Gasteiger partial charge in [0.2, 0.25) is 0 Å². The second-order valence-corrected chi connectivity index (χ2v) is 7.84. The highest BCUT2D eigenvalue weighted by Crippen LogP contribution is 2.30. The van der Waals surface area contributed by atoms with Gasteiger partial charge in [0, 0.05) is 6.54 Å². The van der Waals surface area contributed by atoms with Crippen molar-refractivity contribution in [2.45, 2.75) is 45.3 Å². The second-order valence-electron chi connectivity index (χ2n) is 7.02. The van der Waals surface area contributed by atoms with Crippen LogP contribution in [-0.4, -0.2) is 40.9 Å². The molecule has 1 aromatic rings. The molecule has 1 saturated heterocycles. The fraction of sp³-hybridized carbons (Fsp3) is 0.588. The summed E-state index contributed by atoms with van der Waals surface area (Å²) < 4.78 is 5.42. The number of hydrogen-bond donors (Lipinski definition) is 1. The lowest BCUT2D eigenvalue weighted by Gasteiger charge is -2.27. The molecule has 23 heavy (non-hydrogen) atoms. The highest BCUT2D eigenvalue weighted by molar-refractivity contribution is 6.42. The van der Waals surface area contributed by atoms with Crippen molar-refractivity contribution in [3.8, 4) is 0 Å². The SMILES string of the molecule is CC(C)(C)OC(=O)N1C[C@H](Cc2ccc(Cl)c(Cl)c2)C[C@H]1CO. The number of ether oxygens (including phenoxy) is 1. The third-order valence-corrected chi connectivity index (χ3v) is 4.59. The molecule has 0 saturated carbocycles. The minimum absolute atomic E-state index is 0.0584. The number of nitrogens with zero attached hydrogens (tertiary/aromatic N) is 1. The van der Waals surface area contributed by atoms with Gasteiger partial charge < -0.3 is 14.7 Å². The zero-order valence-electron chi connectivity index (χ0n) is 13.7. The van der Waals surface area contributed by atoms with Crippen LogP contribution in [0.2, 0.25) is 10.0 Å². The maximum Gasteiger partial charge on any atom is 0.410 e. The van der Waals surface area contributed by atoms with E-state index in [0.717, 1.165) is 18.4 Å². The first-order valence-corrected chi connectivity index (χ1v) is 8.49. The summed E-state index contributed by atoms with van der Waals surface area (Å²) in [6.07, 6.45) is 1.16. The van der Waals surface area contributed by atoms with Gasteiger partial charge >= 0.3 is 6.09 Å². The molecule has 1 N–H and O–H groups in total. The van der Waals surface area contributed by atoms with Gasteiger partial charge in [-0.2, -0.15) is 0 Å². The average molecular weight is 360 g/mol. The van der Waals surface area contributed by atoms with Gasteiger partial charge in [0.25, 0.3) is 0 Å². The summed E-state index contributed by atoms with van der Waals surface area (Å²) >= 11 is 12.0. The number of benzene rings is 1. The molecule has 4 nitrogen and oxygen atoms in total. The molecule has 2 atom stereocenters. The van der Waals surface area contributed by atoms with Crippen LogP contribution in [0.3, 0.4) is 0 Å². The molecule has 1 aromatic carbocycles. The van der Waals surface area contributed by atoms with Crippen molar-refractivity contribution in [2.75, 3.05) is 13.2 Å². The Labute approximate surface area is 147 Å². The summed E-state index contributed by atoms with van der Waals surface area (Å²) in [5, 5.41) is 10.6. The first kappa shape index (κ1) is 18.4. The summed E-state index contributed by atoms with van der Waals surface area (Å²) in [5.41, 5.74) is 0.533. The second kappa shape index (κ2) is 7.29. The van der Waals surface area contributed by atoms with Gasteiger partial charge in [-0.1, -0.05) is 29.3 Å². The van der Waals surface area contributed by atoms with Crippen LogP contribution in [-0.2, 0) is 11.2 Å². The molecule has 0 spiro atoms. The molecule has 6 heteroatoms. The lowest BCUT2D eigenvalue weighted by molar-refractivity contribution is 0.0172. The predicted molar refractivity (Wildman–Crippen MR) is 92.1 cm³/mol. The standard InChI is InChI=1S/C17H23Cl2NO3/c1-17(2,3)23-16(22)20-9-12(7-13(20)10-21)6-11-4-5-14(18)15(19)8-11/h4-5,8,12-13,21H,6-7,9-10H2,1-3H3/t12-,13+/m1/s1. The van der Waals surface area contributed by atoms with Crippen molar-refractivity contribution in [3.05, 3.63) is 33.8 Å². The number of aliphatic hydroxyl groups is 1. The van der Waals surface area contributed by atoms with Crippen molar-refractivity contribution >= 4 is 29.3 Å². The smallest absolute Gasteiger partial charge is 0.410 e. The Morgan fingerprint density at radius 1 is 1.35 bits per heavy atom. The number of halogens is 2. The van der Waals surface area contributed by atoms with Crippen LogP contribution in [0, 0.1) is 5.92 Å². The molecule has 1 aliphatic rings. The van der Waals surface area contributed by atoms with E-state index >= 15 is 0 Å². The lowest BCUT2D eigenvalue weighted by Crippen LogP contribution is -2.41. The van der Waals surface area contributed by atoms with Gasteiger partial charge in [-0.3, -0.25) is 0 Å². The number of carbonyl (C=O) groups is 1. The Kier molecular flexibility index (Phi) is 5.82. The summed E-state index contributed by atoms with van der Waals surface area (Å²) in [6.45, 7) is 6.02. The zero-order chi connectivity index (χ0) is 17.2. The summed E-state index contributed by atoms with van der Waals surface area (Å²) in [5.74, 6) is 0.261. The maximum atomic E-state index is 12.3. The quantitative estimate of drug-likeness (QED) is 0.881. The highest BCUT2D eigenvalue weighted by atomic mass is 35.5. The molecule has 128 valence electrons. The van der Waals surface area contributed by atoms with E-state index in [4.69, 9.17) is 27.9 Å². The number of aliphatic hydroxyl groups excluding tert-OH is 1. The zero-order valence-corrected chi connectivity index (χ0v) is 15.2. The first-order valence-electron chi connectivity index (χ1n) is 7.74. The van der Waals surface area contributed by atoms with Crippen LogP contribution in [0.4, 0.5) is 4.79 Å². The van der Waals surface area contributed by atoms with E-state index in [2.05, 4.69) is 0 Å². The molecule has 0 aromatic heterocycles. The van der Waals surface area contributed by atoms with Crippen LogP contribution in [0.1, 0.15) is 32.8 Å². The average Bonchev–Trinajstić information content (AvgIpc) is 2.84. The lowest BCUT2D eigenvalue weighted by atomic mass is 9.97. The van der Waals surface area contributed by atoms with Crippen LogP contribution in [0.25, 0.3) is 0 Å². The number of likely N-dealkylation sites (tertiary alicyclic amines) is 1. The van der Waals surface area contributed by atoms with Crippen molar-refractivity contribution in [1.29, 1.82) is 0 Å². The van der Waals surface area contributed by atoms with Gasteiger partial charge in [-0.25, -0.2) is 4.79 Å². The topological polar surface area (TPSA) is 49.8 Å². The van der Waals surface area contributed by atoms with Crippen molar-refractivity contribution < 1.29 is 14.6 Å². The molecule has 1 aliphatic heterocycles. The molecule has 0 aliphatic carbocycles. The predicted octanol–water partition coefficient (Wildman–Crippen LogP) is 4.15. The van der Waals surface area contributed by atoms with E-state index in [1.165, 1.54) is 0 Å². The van der Waals surface area contributed by atoms with Gasteiger partial charge in [0.1, 0.15) is 5.60 Å². The van der Waals surface area contributed by atoms with Crippen LogP contribution in [0.5, 0.6) is 0 Å². The van der Waals surface area contributed by atoms with E-state index in [0.29, 0.717) is 16.6 Å². The Bertz CT molecular complexity index is 571. The Morgan fingerprint density at radius 3 is 2.61 bits per heavy atom. The van der Waals surface area contributed by atoms with E-state index < -0.39 is 5.60 Å². The van der Waals surface area contributed by atoms with E-state index in [1.807, 2.05) is 32.9 Å². The number of hydrogen-bond acceptors (Lipinski definition) is 3. The summed E-state index contributed by atoms with van der Waals surface area (Å²) in [4.78, 5) is 13.9. The van der Waals surface area contributed by atoms with Gasteiger partial charge in [-0.15, -0.1) is 0 Å². The monoisotopic (exact) mass is 359 g/mol. The molecule has 0 bridgehead atoms. The van der Waals surface area contributed by atoms with Gasteiger partial charge in [0.05, 0.1) is 22.7 Å². The Hall–Kier alpha value is -0.970. The molecule has 0 unspecified atom stereocenters. The Morgan fingerprint density at radius 2 is 2.04 bits per heavy atom. The third kappa shape index (κ3) is 5.00. The number of amides is 1. The molecular weight excluding hydrogens is 337 g/mol. The van der Waals surface area contributed by atoms with E-state index in [-0.39, 0.29) is 24.7 Å². The van der Waals surface area contributed by atoms with Gasteiger partial charge in [-0.05, 0) is 57.2 Å². The maximum absolute atomic E-state index is 12.3. The normalized spacial score (nSPS) is 21.6. The van der Waals surface area contributed by atoms with Gasteiger partial charge in [0.15, 0.2) is 0 Å². The van der Waals surface area contributed by atoms with Crippen LogP contribution in [0.15, 0.2) is 18.2 Å². The third-order valence-electron chi connectivity index (χ3n) is 3.85. The molecule has 1 amide bonds. The van der Waals surface area contributed by atoms with E-state index in [9.17, 15) is 9.90 Å². The number of carbonyl (C=O) groups excluding carboxylic acids is 1. The largest absolute Gasteiger partial charge is 0.444 e.